The fraction of sp³-hybridized carbons (Fsp3) is 0.500. The SMILES string of the molecule is CCC(NC(=O)CCOC(C)C)(C(=O)O)c1ccc(Cl)cc1. The van der Waals surface area contributed by atoms with Crippen molar-refractivity contribution in [1.29, 1.82) is 0 Å². The molecule has 0 bridgehead atoms. The van der Waals surface area contributed by atoms with Gasteiger partial charge in [0, 0.05) is 5.02 Å². The summed E-state index contributed by atoms with van der Waals surface area (Å²) in [6, 6.07) is 6.45. The van der Waals surface area contributed by atoms with E-state index >= 15 is 0 Å². The van der Waals surface area contributed by atoms with Gasteiger partial charge in [-0.1, -0.05) is 30.7 Å². The van der Waals surface area contributed by atoms with Gasteiger partial charge in [0.25, 0.3) is 0 Å². The van der Waals surface area contributed by atoms with Gasteiger partial charge in [-0.05, 0) is 38.0 Å². The summed E-state index contributed by atoms with van der Waals surface area (Å²) in [6.07, 6.45) is 0.362. The minimum Gasteiger partial charge on any atom is -0.479 e. The number of nitrogens with one attached hydrogen (secondary N) is 1. The number of carbonyl (C=O) groups is 2. The van der Waals surface area contributed by atoms with Crippen LogP contribution in [0.1, 0.15) is 39.2 Å². The molecule has 0 fully saturated rings. The molecule has 1 unspecified atom stereocenters. The molecular formula is C16H22ClNO4. The maximum Gasteiger partial charge on any atom is 0.334 e. The standard InChI is InChI=1S/C16H22ClNO4/c1-4-16(15(20)21,12-5-7-13(17)8-6-12)18-14(19)9-10-22-11(2)3/h5-8,11H,4,9-10H2,1-3H3,(H,18,19)(H,20,21). The van der Waals surface area contributed by atoms with Crippen molar-refractivity contribution in [1.82, 2.24) is 5.32 Å². The minimum atomic E-state index is -1.46. The summed E-state index contributed by atoms with van der Waals surface area (Å²) < 4.78 is 5.32. The van der Waals surface area contributed by atoms with Gasteiger partial charge < -0.3 is 15.2 Å². The highest BCUT2D eigenvalue weighted by Crippen LogP contribution is 2.27. The number of hydrogen-bond acceptors (Lipinski definition) is 3. The van der Waals surface area contributed by atoms with Crippen LogP contribution in [0.15, 0.2) is 24.3 Å². The molecule has 1 atom stereocenters. The van der Waals surface area contributed by atoms with Crippen molar-refractivity contribution in [3.63, 3.8) is 0 Å². The van der Waals surface area contributed by atoms with Crippen molar-refractivity contribution in [2.75, 3.05) is 6.61 Å². The number of halogens is 1. The molecule has 0 spiro atoms. The monoisotopic (exact) mass is 327 g/mol. The van der Waals surface area contributed by atoms with Gasteiger partial charge in [0.15, 0.2) is 5.54 Å². The van der Waals surface area contributed by atoms with Crippen molar-refractivity contribution in [2.24, 2.45) is 0 Å². The third-order valence-electron chi connectivity index (χ3n) is 3.37. The molecule has 0 saturated carbocycles. The van der Waals surface area contributed by atoms with Crippen LogP contribution >= 0.6 is 11.6 Å². The largest absolute Gasteiger partial charge is 0.479 e. The third kappa shape index (κ3) is 4.71. The Hall–Kier alpha value is -1.59. The smallest absolute Gasteiger partial charge is 0.334 e. The van der Waals surface area contributed by atoms with Crippen molar-refractivity contribution >= 4 is 23.5 Å². The first-order chi connectivity index (χ1) is 10.3. The van der Waals surface area contributed by atoms with E-state index in [0.29, 0.717) is 10.6 Å². The van der Waals surface area contributed by atoms with Gasteiger partial charge in [-0.15, -0.1) is 0 Å². The molecule has 0 saturated heterocycles. The maximum absolute atomic E-state index is 12.1. The summed E-state index contributed by atoms with van der Waals surface area (Å²) in [7, 11) is 0. The number of hydrogen-bond donors (Lipinski definition) is 2. The molecule has 0 aliphatic carbocycles. The van der Waals surface area contributed by atoms with E-state index in [-0.39, 0.29) is 31.5 Å². The van der Waals surface area contributed by atoms with Crippen LogP contribution in [0.3, 0.4) is 0 Å². The topological polar surface area (TPSA) is 75.6 Å². The summed E-state index contributed by atoms with van der Waals surface area (Å²) in [4.78, 5) is 23.8. The van der Waals surface area contributed by atoms with Crippen LogP contribution in [-0.2, 0) is 19.9 Å². The van der Waals surface area contributed by atoms with E-state index in [2.05, 4.69) is 5.32 Å². The number of amides is 1. The molecule has 2 N–H and O–H groups in total. The summed E-state index contributed by atoms with van der Waals surface area (Å²) in [5.74, 6) is -1.46. The van der Waals surface area contributed by atoms with Gasteiger partial charge in [0.05, 0.1) is 19.1 Å². The van der Waals surface area contributed by atoms with E-state index in [0.717, 1.165) is 0 Å². The van der Waals surface area contributed by atoms with Gasteiger partial charge in [-0.2, -0.15) is 0 Å². The number of aliphatic carboxylic acids is 1. The molecule has 0 aliphatic rings. The highest BCUT2D eigenvalue weighted by Gasteiger charge is 2.40. The average Bonchev–Trinajstić information content (AvgIpc) is 2.45. The number of benzene rings is 1. The van der Waals surface area contributed by atoms with E-state index in [9.17, 15) is 14.7 Å². The van der Waals surface area contributed by atoms with Crippen molar-refractivity contribution < 1.29 is 19.4 Å². The molecular weight excluding hydrogens is 306 g/mol. The van der Waals surface area contributed by atoms with Crippen LogP contribution < -0.4 is 5.32 Å². The highest BCUT2D eigenvalue weighted by atomic mass is 35.5. The first-order valence-corrected chi connectivity index (χ1v) is 7.61. The lowest BCUT2D eigenvalue weighted by atomic mass is 9.87. The lowest BCUT2D eigenvalue weighted by Gasteiger charge is -2.30. The van der Waals surface area contributed by atoms with Crippen molar-refractivity contribution in [3.05, 3.63) is 34.9 Å². The highest BCUT2D eigenvalue weighted by molar-refractivity contribution is 6.30. The number of carboxylic acid groups (broad SMARTS) is 1. The number of rotatable bonds is 8. The molecule has 0 heterocycles. The Morgan fingerprint density at radius 2 is 1.91 bits per heavy atom. The zero-order valence-corrected chi connectivity index (χ0v) is 13.8. The first-order valence-electron chi connectivity index (χ1n) is 7.24. The van der Waals surface area contributed by atoms with Gasteiger partial charge >= 0.3 is 5.97 Å². The molecule has 1 aromatic carbocycles. The fourth-order valence-electron chi connectivity index (χ4n) is 2.12. The molecule has 0 aromatic heterocycles. The number of ether oxygens (including phenoxy) is 1. The predicted octanol–water partition coefficient (Wildman–Crippen LogP) is 2.96. The zero-order valence-electron chi connectivity index (χ0n) is 13.1. The molecule has 1 rings (SSSR count). The Kier molecular flexibility index (Phi) is 6.84. The lowest BCUT2D eigenvalue weighted by molar-refractivity contribution is -0.148. The van der Waals surface area contributed by atoms with Crippen molar-refractivity contribution in [3.8, 4) is 0 Å². The van der Waals surface area contributed by atoms with Crippen LogP contribution in [0.5, 0.6) is 0 Å². The second kappa shape index (κ2) is 8.15. The predicted molar refractivity (Wildman–Crippen MR) is 84.9 cm³/mol. The summed E-state index contributed by atoms with van der Waals surface area (Å²) in [5, 5.41) is 12.8. The van der Waals surface area contributed by atoms with Gasteiger partial charge in [0.1, 0.15) is 0 Å². The molecule has 0 radical (unpaired) electrons. The summed E-state index contributed by atoms with van der Waals surface area (Å²) >= 11 is 5.84. The molecule has 22 heavy (non-hydrogen) atoms. The maximum atomic E-state index is 12.1. The van der Waals surface area contributed by atoms with E-state index in [1.165, 1.54) is 0 Å². The van der Waals surface area contributed by atoms with E-state index in [1.54, 1.807) is 31.2 Å². The normalized spacial score (nSPS) is 13.7. The Bertz CT molecular complexity index is 515. The molecule has 0 aliphatic heterocycles. The average molecular weight is 328 g/mol. The van der Waals surface area contributed by atoms with E-state index < -0.39 is 11.5 Å². The Morgan fingerprint density at radius 1 is 1.32 bits per heavy atom. The van der Waals surface area contributed by atoms with Crippen LogP contribution in [0, 0.1) is 0 Å². The minimum absolute atomic E-state index is 0.0273. The third-order valence-corrected chi connectivity index (χ3v) is 3.62. The lowest BCUT2D eigenvalue weighted by Crippen LogP contribution is -2.51. The fourth-order valence-corrected chi connectivity index (χ4v) is 2.24. The van der Waals surface area contributed by atoms with Crippen LogP contribution in [-0.4, -0.2) is 29.7 Å². The van der Waals surface area contributed by atoms with Crippen LogP contribution in [0.4, 0.5) is 0 Å². The summed E-state index contributed by atoms with van der Waals surface area (Å²) in [5.41, 5.74) is -0.968. The molecule has 5 nitrogen and oxygen atoms in total. The van der Waals surface area contributed by atoms with Crippen molar-refractivity contribution in [2.45, 2.75) is 45.3 Å². The van der Waals surface area contributed by atoms with Gasteiger partial charge in [-0.25, -0.2) is 4.79 Å². The Balaban J connectivity index is 2.91. The Morgan fingerprint density at radius 3 is 2.36 bits per heavy atom. The first kappa shape index (κ1) is 18.5. The molecule has 6 heteroatoms. The second-order valence-corrected chi connectivity index (χ2v) is 5.73. The molecule has 1 aromatic rings. The van der Waals surface area contributed by atoms with Crippen LogP contribution in [0.25, 0.3) is 0 Å². The number of carbonyl (C=O) groups excluding carboxylic acids is 1. The van der Waals surface area contributed by atoms with Gasteiger partial charge in [0.2, 0.25) is 5.91 Å². The summed E-state index contributed by atoms with van der Waals surface area (Å²) in [6.45, 7) is 5.72. The zero-order chi connectivity index (χ0) is 16.8. The van der Waals surface area contributed by atoms with Gasteiger partial charge in [-0.3, -0.25) is 4.79 Å². The number of carboxylic acids is 1. The Labute approximate surface area is 135 Å². The van der Waals surface area contributed by atoms with Crippen LogP contribution in [0.2, 0.25) is 5.02 Å². The quantitative estimate of drug-likeness (QED) is 0.769. The molecule has 1 amide bonds. The molecule has 122 valence electrons. The second-order valence-electron chi connectivity index (χ2n) is 5.29. The van der Waals surface area contributed by atoms with E-state index in [1.807, 2.05) is 13.8 Å². The van der Waals surface area contributed by atoms with E-state index in [4.69, 9.17) is 16.3 Å².